The summed E-state index contributed by atoms with van der Waals surface area (Å²) in [6.07, 6.45) is 3.54. The molecule has 15 nitrogen and oxygen atoms in total. The van der Waals surface area contributed by atoms with Crippen LogP contribution >= 0.6 is 34.4 Å². The SMILES string of the molecule is Nc1nc(/C(=N/OCC(=O)O)C(=O)NC2C(=O)N3C(C(=O)O)=C(C[n+]4ccc5sc(N)nc5c4)CS[C@H]23)cs1. The number of fused-ring (bicyclic) bond motifs is 2. The average molecular weight is 592 g/mol. The molecule has 2 aliphatic heterocycles. The van der Waals surface area contributed by atoms with E-state index < -0.39 is 41.8 Å². The van der Waals surface area contributed by atoms with Crippen molar-refractivity contribution in [2.75, 3.05) is 23.8 Å². The maximum Gasteiger partial charge on any atom is 0.352 e. The number of oxime groups is 1. The molecule has 0 aliphatic carbocycles. The fourth-order valence-electron chi connectivity index (χ4n) is 4.02. The number of nitrogens with two attached hydrogens (primary N) is 2. The Bertz CT molecular complexity index is 1580. The molecule has 5 heterocycles. The van der Waals surface area contributed by atoms with E-state index in [1.54, 1.807) is 17.0 Å². The van der Waals surface area contributed by atoms with Gasteiger partial charge in [-0.2, -0.15) is 4.57 Å². The van der Waals surface area contributed by atoms with Gasteiger partial charge in [0.1, 0.15) is 28.3 Å². The lowest BCUT2D eigenvalue weighted by molar-refractivity contribution is -0.687. The Balaban J connectivity index is 1.35. The van der Waals surface area contributed by atoms with Gasteiger partial charge >= 0.3 is 11.9 Å². The Morgan fingerprint density at radius 2 is 2.05 bits per heavy atom. The molecule has 18 heteroatoms. The molecule has 0 saturated carbocycles. The van der Waals surface area contributed by atoms with E-state index in [4.69, 9.17) is 21.4 Å². The number of nitrogens with one attached hydrogen (secondary N) is 1. The van der Waals surface area contributed by atoms with Crippen LogP contribution < -0.4 is 21.4 Å². The highest BCUT2D eigenvalue weighted by Gasteiger charge is 2.54. The minimum absolute atomic E-state index is 0.0320. The van der Waals surface area contributed by atoms with Gasteiger partial charge in [-0.25, -0.2) is 19.6 Å². The van der Waals surface area contributed by atoms with Crippen LogP contribution in [0.15, 0.2) is 40.3 Å². The van der Waals surface area contributed by atoms with E-state index in [-0.39, 0.29) is 34.5 Å². The first-order valence-electron chi connectivity index (χ1n) is 11.0. The molecule has 2 aliphatic rings. The van der Waals surface area contributed by atoms with Crippen LogP contribution in [0.2, 0.25) is 0 Å². The molecule has 39 heavy (non-hydrogen) atoms. The van der Waals surface area contributed by atoms with E-state index in [0.29, 0.717) is 16.2 Å². The van der Waals surface area contributed by atoms with E-state index >= 15 is 0 Å². The molecule has 0 radical (unpaired) electrons. The van der Waals surface area contributed by atoms with Gasteiger partial charge in [0, 0.05) is 22.8 Å². The number of carboxylic acid groups (broad SMARTS) is 2. The number of thioether (sulfide) groups is 1. The Morgan fingerprint density at radius 1 is 1.26 bits per heavy atom. The van der Waals surface area contributed by atoms with Crippen LogP contribution in [0.25, 0.3) is 10.2 Å². The van der Waals surface area contributed by atoms with Crippen LogP contribution in [0, 0.1) is 0 Å². The number of β-lactam (4-membered cyclic amide) rings is 1. The standard InChI is InChI=1S/C21H18N8O7S3/c22-20-25-10(7-38-20)13(27-36-5-12(30)31)16(32)26-14-17(33)29-15(19(34)35)8(6-37-18(14)29)3-28-2-1-11-9(4-28)24-21(23)39-11/h1-2,4,7,14,18H,3,5-6H2,(H6-,22,23,24,25,26,30,31,32,34,35)/p+1/b27-13-/t14?,18-/m1/s1. The molecule has 0 spiro atoms. The van der Waals surface area contributed by atoms with Crippen molar-refractivity contribution in [3.63, 3.8) is 0 Å². The lowest BCUT2D eigenvalue weighted by Crippen LogP contribution is -2.71. The number of aliphatic carboxylic acids is 2. The van der Waals surface area contributed by atoms with Gasteiger partial charge < -0.3 is 31.8 Å². The lowest BCUT2D eigenvalue weighted by atomic mass is 10.0. The third kappa shape index (κ3) is 5.20. The number of carbonyl (C=O) groups is 4. The van der Waals surface area contributed by atoms with Crippen molar-refractivity contribution >= 4 is 84.4 Å². The van der Waals surface area contributed by atoms with Crippen molar-refractivity contribution in [1.82, 2.24) is 20.2 Å². The summed E-state index contributed by atoms with van der Waals surface area (Å²) in [6.45, 7) is -0.597. The summed E-state index contributed by atoms with van der Waals surface area (Å²) in [5.41, 5.74) is 12.1. The lowest BCUT2D eigenvalue weighted by Gasteiger charge is -2.49. The largest absolute Gasteiger partial charge is 0.479 e. The zero-order valence-corrected chi connectivity index (χ0v) is 22.1. The van der Waals surface area contributed by atoms with E-state index in [0.717, 1.165) is 20.9 Å². The third-order valence-electron chi connectivity index (χ3n) is 5.64. The number of thiazole rings is 2. The highest BCUT2D eigenvalue weighted by atomic mass is 32.2. The fourth-order valence-corrected chi connectivity index (χ4v) is 6.61. The number of hydrogen-bond acceptors (Lipinski definition) is 13. The second-order valence-corrected chi connectivity index (χ2v) is 11.3. The Hall–Kier alpha value is -4.29. The van der Waals surface area contributed by atoms with Gasteiger partial charge in [-0.05, 0) is 0 Å². The van der Waals surface area contributed by atoms with Crippen LogP contribution in [0.4, 0.5) is 10.3 Å². The number of nitrogens with zero attached hydrogens (tertiary/aromatic N) is 5. The molecule has 1 saturated heterocycles. The number of amides is 2. The first-order valence-corrected chi connectivity index (χ1v) is 13.8. The van der Waals surface area contributed by atoms with E-state index in [9.17, 15) is 24.3 Å². The molecule has 3 aromatic heterocycles. The molecular formula is C21H19N8O7S3+. The fraction of sp³-hybridized carbons (Fsp3) is 0.238. The van der Waals surface area contributed by atoms with Crippen molar-refractivity contribution in [1.29, 1.82) is 0 Å². The van der Waals surface area contributed by atoms with Crippen molar-refractivity contribution < 1.29 is 38.8 Å². The van der Waals surface area contributed by atoms with Gasteiger partial charge in [-0.1, -0.05) is 16.5 Å². The van der Waals surface area contributed by atoms with Crippen molar-refractivity contribution in [2.24, 2.45) is 5.16 Å². The number of pyridine rings is 1. The zero-order valence-electron chi connectivity index (χ0n) is 19.6. The molecule has 0 aromatic carbocycles. The summed E-state index contributed by atoms with van der Waals surface area (Å²) >= 11 is 3.66. The summed E-state index contributed by atoms with van der Waals surface area (Å²) in [5.74, 6) is -3.76. The van der Waals surface area contributed by atoms with Crippen molar-refractivity contribution in [3.8, 4) is 0 Å². The maximum absolute atomic E-state index is 13.1. The number of anilines is 2. The monoisotopic (exact) mass is 591 g/mol. The molecule has 5 rings (SSSR count). The molecule has 0 bridgehead atoms. The highest BCUT2D eigenvalue weighted by molar-refractivity contribution is 8.00. The number of rotatable bonds is 9. The van der Waals surface area contributed by atoms with E-state index in [2.05, 4.69) is 20.4 Å². The average Bonchev–Trinajstić information content (AvgIpc) is 3.48. The van der Waals surface area contributed by atoms with Gasteiger partial charge in [0.05, 0.1) is 4.70 Å². The predicted molar refractivity (Wildman–Crippen MR) is 141 cm³/mol. The topological polar surface area (TPSA) is 227 Å². The minimum Gasteiger partial charge on any atom is -0.479 e. The summed E-state index contributed by atoms with van der Waals surface area (Å²) in [7, 11) is 0. The van der Waals surface area contributed by atoms with Crippen LogP contribution in [-0.4, -0.2) is 78.3 Å². The smallest absolute Gasteiger partial charge is 0.352 e. The zero-order chi connectivity index (χ0) is 27.8. The maximum atomic E-state index is 13.1. The molecule has 3 aromatic rings. The molecule has 202 valence electrons. The molecular weight excluding hydrogens is 572 g/mol. The second-order valence-electron chi connectivity index (χ2n) is 8.22. The van der Waals surface area contributed by atoms with E-state index in [1.807, 2.05) is 6.07 Å². The Kier molecular flexibility index (Phi) is 7.06. The summed E-state index contributed by atoms with van der Waals surface area (Å²) in [5, 5.41) is 26.2. The van der Waals surface area contributed by atoms with Crippen LogP contribution in [0.5, 0.6) is 0 Å². The van der Waals surface area contributed by atoms with Crippen molar-refractivity contribution in [2.45, 2.75) is 18.0 Å². The first kappa shape index (κ1) is 26.3. The summed E-state index contributed by atoms with van der Waals surface area (Å²) in [4.78, 5) is 63.1. The Labute approximate surface area is 230 Å². The highest BCUT2D eigenvalue weighted by Crippen LogP contribution is 2.40. The number of carboxylic acids is 2. The summed E-state index contributed by atoms with van der Waals surface area (Å²) in [6, 6.07) is 0.778. The third-order valence-corrected chi connectivity index (χ3v) is 8.52. The van der Waals surface area contributed by atoms with Crippen LogP contribution in [-0.2, 0) is 30.6 Å². The molecule has 1 fully saturated rings. The van der Waals surface area contributed by atoms with Gasteiger partial charge in [0.2, 0.25) is 6.61 Å². The van der Waals surface area contributed by atoms with Gasteiger partial charge in [0.15, 0.2) is 34.9 Å². The number of aromatic nitrogens is 3. The quantitative estimate of drug-likeness (QED) is 0.0914. The normalized spacial score (nSPS) is 19.0. The van der Waals surface area contributed by atoms with Gasteiger partial charge in [-0.15, -0.1) is 23.1 Å². The molecule has 1 unspecified atom stereocenters. The number of nitrogen functional groups attached to an aromatic ring is 2. The summed E-state index contributed by atoms with van der Waals surface area (Å²) < 4.78 is 2.66. The number of hydrogen-bond donors (Lipinski definition) is 5. The van der Waals surface area contributed by atoms with Crippen LogP contribution in [0.1, 0.15) is 5.69 Å². The van der Waals surface area contributed by atoms with Gasteiger partial charge in [-0.3, -0.25) is 14.5 Å². The van der Waals surface area contributed by atoms with Crippen LogP contribution in [0.3, 0.4) is 0 Å². The predicted octanol–water partition coefficient (Wildman–Crippen LogP) is -0.551. The number of carbonyl (C=O) groups excluding carboxylic acids is 2. The molecule has 7 N–H and O–H groups in total. The van der Waals surface area contributed by atoms with Crippen molar-refractivity contribution in [3.05, 3.63) is 40.8 Å². The Morgan fingerprint density at radius 3 is 2.74 bits per heavy atom. The molecule has 2 atom stereocenters. The first-order chi connectivity index (χ1) is 18.6. The molecule has 2 amide bonds. The second kappa shape index (κ2) is 10.5. The van der Waals surface area contributed by atoms with E-state index in [1.165, 1.54) is 28.5 Å². The van der Waals surface area contributed by atoms with Gasteiger partial charge in [0.25, 0.3) is 11.8 Å². The minimum atomic E-state index is -1.31.